The number of fused-ring (bicyclic) bond motifs is 1. The molecule has 146 valence electrons. The number of benzene rings is 1. The van der Waals surface area contributed by atoms with Gasteiger partial charge < -0.3 is 14.0 Å². The average Bonchev–Trinajstić information content (AvgIpc) is 3.11. The molecule has 0 atom stereocenters. The number of sulfonamides is 1. The van der Waals surface area contributed by atoms with Crippen molar-refractivity contribution < 1.29 is 17.9 Å². The number of imidazole rings is 1. The van der Waals surface area contributed by atoms with Crippen molar-refractivity contribution >= 4 is 21.8 Å². The molecule has 1 aromatic carbocycles. The zero-order valence-corrected chi connectivity index (χ0v) is 16.8. The molecule has 2 aliphatic rings. The van der Waals surface area contributed by atoms with E-state index in [-0.39, 0.29) is 4.90 Å². The molecule has 1 aromatic heterocycles. The van der Waals surface area contributed by atoms with Gasteiger partial charge in [0.2, 0.25) is 10.0 Å². The Kier molecular flexibility index (Phi) is 5.34. The monoisotopic (exact) mass is 409 g/mol. The van der Waals surface area contributed by atoms with Crippen LogP contribution in [0.2, 0.25) is 0 Å². The van der Waals surface area contributed by atoms with Crippen molar-refractivity contribution in [3.8, 4) is 11.5 Å². The molecule has 0 unspecified atom stereocenters. The lowest BCUT2D eigenvalue weighted by Crippen LogP contribution is -2.39. The van der Waals surface area contributed by atoms with Crippen LogP contribution in [0.25, 0.3) is 0 Å². The predicted molar refractivity (Wildman–Crippen MR) is 103 cm³/mol. The number of hydrogen-bond acceptors (Lipinski definition) is 6. The summed E-state index contributed by atoms with van der Waals surface area (Å²) in [6, 6.07) is 4.86. The minimum Gasteiger partial charge on any atom is -0.486 e. The van der Waals surface area contributed by atoms with Crippen LogP contribution in [0.15, 0.2) is 40.6 Å². The van der Waals surface area contributed by atoms with Crippen molar-refractivity contribution in [1.82, 2.24) is 13.9 Å². The Morgan fingerprint density at radius 3 is 2.63 bits per heavy atom. The van der Waals surface area contributed by atoms with Gasteiger partial charge in [0, 0.05) is 44.4 Å². The topological polar surface area (TPSA) is 73.7 Å². The van der Waals surface area contributed by atoms with E-state index < -0.39 is 10.0 Å². The first-order valence-electron chi connectivity index (χ1n) is 9.04. The van der Waals surface area contributed by atoms with Gasteiger partial charge in [-0.1, -0.05) is 11.8 Å². The summed E-state index contributed by atoms with van der Waals surface area (Å²) in [4.78, 5) is 4.60. The van der Waals surface area contributed by atoms with Crippen LogP contribution in [0.1, 0.15) is 12.8 Å². The highest BCUT2D eigenvalue weighted by Gasteiger charge is 2.30. The second-order valence-corrected chi connectivity index (χ2v) is 9.71. The number of nitrogens with zero attached hydrogens (tertiary/aromatic N) is 3. The standard InChI is InChI=1S/C18H23N3O4S2/c1-20-9-6-19-18(20)26-13-14-4-7-21(8-5-14)27(22,23)15-2-3-16-17(12-15)25-11-10-24-16/h2-3,6,9,12,14H,4-5,7-8,10-11,13H2,1H3. The number of ether oxygens (including phenoxy) is 2. The summed E-state index contributed by atoms with van der Waals surface area (Å²) in [6.07, 6.45) is 5.46. The van der Waals surface area contributed by atoms with Crippen LogP contribution in [0, 0.1) is 5.92 Å². The molecule has 1 fully saturated rings. The van der Waals surface area contributed by atoms with Crippen molar-refractivity contribution in [1.29, 1.82) is 0 Å². The molecule has 3 heterocycles. The molecule has 2 aromatic rings. The molecule has 0 aliphatic carbocycles. The zero-order valence-electron chi connectivity index (χ0n) is 15.2. The first-order chi connectivity index (χ1) is 13.0. The van der Waals surface area contributed by atoms with Crippen LogP contribution in [0.5, 0.6) is 11.5 Å². The third kappa shape index (κ3) is 3.95. The fourth-order valence-electron chi connectivity index (χ4n) is 3.33. The molecular weight excluding hydrogens is 386 g/mol. The zero-order chi connectivity index (χ0) is 18.9. The van der Waals surface area contributed by atoms with E-state index in [1.807, 2.05) is 17.8 Å². The lowest BCUT2D eigenvalue weighted by Gasteiger charge is -2.31. The summed E-state index contributed by atoms with van der Waals surface area (Å²) in [7, 11) is -1.53. The second-order valence-electron chi connectivity index (χ2n) is 6.78. The fraction of sp³-hybridized carbons (Fsp3) is 0.500. The molecule has 9 heteroatoms. The van der Waals surface area contributed by atoms with Crippen molar-refractivity contribution in [2.75, 3.05) is 32.1 Å². The third-order valence-corrected chi connectivity index (χ3v) is 8.13. The van der Waals surface area contributed by atoms with Gasteiger partial charge >= 0.3 is 0 Å². The SMILES string of the molecule is Cn1ccnc1SCC1CCN(S(=O)(=O)c2ccc3c(c2)OCCO3)CC1. The molecule has 7 nitrogen and oxygen atoms in total. The van der Waals surface area contributed by atoms with E-state index >= 15 is 0 Å². The van der Waals surface area contributed by atoms with Crippen molar-refractivity contribution in [3.63, 3.8) is 0 Å². The van der Waals surface area contributed by atoms with E-state index in [9.17, 15) is 8.42 Å². The van der Waals surface area contributed by atoms with Gasteiger partial charge in [0.1, 0.15) is 13.2 Å². The van der Waals surface area contributed by atoms with Crippen LogP contribution in [-0.4, -0.2) is 54.3 Å². The van der Waals surface area contributed by atoms with Crippen LogP contribution >= 0.6 is 11.8 Å². The number of thioether (sulfide) groups is 1. The van der Waals surface area contributed by atoms with E-state index in [2.05, 4.69) is 4.98 Å². The van der Waals surface area contributed by atoms with Gasteiger partial charge in [-0.3, -0.25) is 0 Å². The lowest BCUT2D eigenvalue weighted by atomic mass is 10.0. The van der Waals surface area contributed by atoms with Gasteiger partial charge in [-0.05, 0) is 30.9 Å². The first kappa shape index (κ1) is 18.6. The smallest absolute Gasteiger partial charge is 0.243 e. The molecule has 4 rings (SSSR count). The second kappa shape index (κ2) is 7.73. The molecule has 27 heavy (non-hydrogen) atoms. The number of aryl methyl sites for hydroxylation is 1. The highest BCUT2D eigenvalue weighted by molar-refractivity contribution is 7.99. The van der Waals surface area contributed by atoms with Gasteiger partial charge in [-0.2, -0.15) is 4.31 Å². The Morgan fingerprint density at radius 2 is 1.93 bits per heavy atom. The highest BCUT2D eigenvalue weighted by atomic mass is 32.2. The van der Waals surface area contributed by atoms with Gasteiger partial charge in [-0.25, -0.2) is 13.4 Å². The summed E-state index contributed by atoms with van der Waals surface area (Å²) in [5.41, 5.74) is 0. The van der Waals surface area contributed by atoms with E-state index in [0.717, 1.165) is 23.8 Å². The van der Waals surface area contributed by atoms with Crippen LogP contribution < -0.4 is 9.47 Å². The molecule has 0 saturated carbocycles. The third-order valence-electron chi connectivity index (χ3n) is 4.95. The maximum Gasteiger partial charge on any atom is 0.243 e. The number of piperidine rings is 1. The maximum absolute atomic E-state index is 13.0. The Hall–Kier alpha value is -1.71. The van der Waals surface area contributed by atoms with Crippen molar-refractivity contribution in [2.24, 2.45) is 13.0 Å². The lowest BCUT2D eigenvalue weighted by molar-refractivity contribution is 0.171. The minimum atomic E-state index is -3.51. The molecule has 0 spiro atoms. The average molecular weight is 410 g/mol. The van der Waals surface area contributed by atoms with E-state index in [0.29, 0.717) is 43.7 Å². The van der Waals surface area contributed by atoms with Crippen molar-refractivity contribution in [3.05, 3.63) is 30.6 Å². The number of rotatable bonds is 5. The summed E-state index contributed by atoms with van der Waals surface area (Å²) >= 11 is 1.73. The summed E-state index contributed by atoms with van der Waals surface area (Å²) < 4.78 is 40.5. The number of hydrogen-bond donors (Lipinski definition) is 0. The van der Waals surface area contributed by atoms with Gasteiger partial charge in [0.25, 0.3) is 0 Å². The minimum absolute atomic E-state index is 0.271. The van der Waals surface area contributed by atoms with Crippen LogP contribution in [-0.2, 0) is 17.1 Å². The number of aromatic nitrogens is 2. The summed E-state index contributed by atoms with van der Waals surface area (Å²) in [6.45, 7) is 2.02. The molecular formula is C18H23N3O4S2. The maximum atomic E-state index is 13.0. The highest BCUT2D eigenvalue weighted by Crippen LogP contribution is 2.34. The first-order valence-corrected chi connectivity index (χ1v) is 11.5. The molecule has 1 saturated heterocycles. The molecule has 2 aliphatic heterocycles. The Balaban J connectivity index is 1.37. The summed E-state index contributed by atoms with van der Waals surface area (Å²) in [5.74, 6) is 2.57. The largest absolute Gasteiger partial charge is 0.486 e. The van der Waals surface area contributed by atoms with Gasteiger partial charge in [-0.15, -0.1) is 0 Å². The van der Waals surface area contributed by atoms with Crippen LogP contribution in [0.3, 0.4) is 0 Å². The van der Waals surface area contributed by atoms with Gasteiger partial charge in [0.05, 0.1) is 4.90 Å². The van der Waals surface area contributed by atoms with Crippen molar-refractivity contribution in [2.45, 2.75) is 22.9 Å². The molecule has 0 N–H and O–H groups in total. The van der Waals surface area contributed by atoms with E-state index in [1.54, 1.807) is 40.5 Å². The van der Waals surface area contributed by atoms with Gasteiger partial charge in [0.15, 0.2) is 16.7 Å². The molecule has 0 radical (unpaired) electrons. The van der Waals surface area contributed by atoms with E-state index in [1.165, 1.54) is 0 Å². The van der Waals surface area contributed by atoms with Crippen LogP contribution in [0.4, 0.5) is 0 Å². The summed E-state index contributed by atoms with van der Waals surface area (Å²) in [5, 5.41) is 1.00. The predicted octanol–water partition coefficient (Wildman–Crippen LogP) is 2.38. The normalized spacial score (nSPS) is 18.6. The Morgan fingerprint density at radius 1 is 1.19 bits per heavy atom. The molecule has 0 amide bonds. The fourth-order valence-corrected chi connectivity index (χ4v) is 5.94. The molecule has 0 bridgehead atoms. The Bertz CT molecular complexity index is 905. The van der Waals surface area contributed by atoms with E-state index in [4.69, 9.17) is 9.47 Å². The quantitative estimate of drug-likeness (QED) is 0.706. The Labute approximate surface area is 163 Å².